The summed E-state index contributed by atoms with van der Waals surface area (Å²) >= 11 is 0. The van der Waals surface area contributed by atoms with E-state index in [0.717, 1.165) is 12.0 Å². The van der Waals surface area contributed by atoms with Crippen molar-refractivity contribution in [3.8, 4) is 5.75 Å². The average molecular weight is 389 g/mol. The fourth-order valence-corrected chi connectivity index (χ4v) is 3.53. The average Bonchev–Trinajstić information content (AvgIpc) is 3.09. The van der Waals surface area contributed by atoms with Crippen molar-refractivity contribution >= 4 is 17.6 Å². The number of nitrogens with one attached hydrogen (secondary N) is 1. The monoisotopic (exact) mass is 389 g/mol. The summed E-state index contributed by atoms with van der Waals surface area (Å²) in [6.07, 6.45) is 2.19. The number of likely N-dealkylation sites (tertiary alicyclic amines) is 1. The number of amides is 2. The Kier molecular flexibility index (Phi) is 7.18. The van der Waals surface area contributed by atoms with E-state index in [2.05, 4.69) is 5.32 Å². The van der Waals surface area contributed by atoms with Gasteiger partial charge in [0.2, 0.25) is 11.8 Å². The molecule has 0 bridgehead atoms. The van der Waals surface area contributed by atoms with Gasteiger partial charge >= 0.3 is 0 Å². The largest absolute Gasteiger partial charge is 0.497 e. The third kappa shape index (κ3) is 4.70. The van der Waals surface area contributed by atoms with Crippen LogP contribution in [0.25, 0.3) is 0 Å². The topological polar surface area (TPSA) is 102 Å². The van der Waals surface area contributed by atoms with Gasteiger partial charge in [-0.15, -0.1) is 0 Å². The molecule has 0 saturated carbocycles. The molecular formula is C21H31N3O4. The second kappa shape index (κ2) is 9.19. The van der Waals surface area contributed by atoms with Crippen molar-refractivity contribution in [1.29, 1.82) is 0 Å². The SMILES string of the molecule is CC[C@H](N)C(=O)N[C@@H](Cc1ccc(OC)cc1)C(=O)N1CCC[C@@]1(C)C(C)=O. The Bertz CT molecular complexity index is 719. The van der Waals surface area contributed by atoms with Gasteiger partial charge in [0.1, 0.15) is 11.8 Å². The van der Waals surface area contributed by atoms with Crippen LogP contribution in [0.5, 0.6) is 5.75 Å². The van der Waals surface area contributed by atoms with Crippen LogP contribution in [0.4, 0.5) is 0 Å². The van der Waals surface area contributed by atoms with Crippen LogP contribution in [0.1, 0.15) is 45.6 Å². The zero-order chi connectivity index (χ0) is 20.9. The van der Waals surface area contributed by atoms with E-state index in [0.29, 0.717) is 31.6 Å². The molecule has 0 spiro atoms. The molecule has 1 aliphatic heterocycles. The molecule has 1 aromatic rings. The predicted octanol–water partition coefficient (Wildman–Crippen LogP) is 1.43. The fourth-order valence-electron chi connectivity index (χ4n) is 3.53. The van der Waals surface area contributed by atoms with Gasteiger partial charge in [-0.25, -0.2) is 0 Å². The molecule has 0 aliphatic carbocycles. The maximum atomic E-state index is 13.3. The van der Waals surface area contributed by atoms with Crippen LogP contribution in [0.3, 0.4) is 0 Å². The fraction of sp³-hybridized carbons (Fsp3) is 0.571. The van der Waals surface area contributed by atoms with Gasteiger partial charge in [-0.3, -0.25) is 14.4 Å². The normalized spacial score (nSPS) is 21.1. The summed E-state index contributed by atoms with van der Waals surface area (Å²) in [5.41, 5.74) is 5.90. The van der Waals surface area contributed by atoms with Crippen molar-refractivity contribution in [2.24, 2.45) is 5.73 Å². The molecule has 3 N–H and O–H groups in total. The second-order valence-corrected chi connectivity index (χ2v) is 7.55. The molecule has 3 atom stereocenters. The van der Waals surface area contributed by atoms with E-state index < -0.39 is 17.6 Å². The molecule has 7 nitrogen and oxygen atoms in total. The zero-order valence-electron chi connectivity index (χ0n) is 17.2. The van der Waals surface area contributed by atoms with Gasteiger partial charge < -0.3 is 20.7 Å². The van der Waals surface area contributed by atoms with E-state index in [1.807, 2.05) is 31.2 Å². The zero-order valence-corrected chi connectivity index (χ0v) is 17.2. The highest BCUT2D eigenvalue weighted by Gasteiger charge is 2.45. The Labute approximate surface area is 166 Å². The van der Waals surface area contributed by atoms with Crippen molar-refractivity contribution in [2.45, 2.75) is 64.1 Å². The molecule has 154 valence electrons. The third-order valence-electron chi connectivity index (χ3n) is 5.66. The first-order valence-electron chi connectivity index (χ1n) is 9.74. The van der Waals surface area contributed by atoms with E-state index in [-0.39, 0.29) is 17.6 Å². The lowest BCUT2D eigenvalue weighted by atomic mass is 9.93. The maximum absolute atomic E-state index is 13.3. The summed E-state index contributed by atoms with van der Waals surface area (Å²) in [4.78, 5) is 39.5. The number of rotatable bonds is 8. The molecule has 1 saturated heterocycles. The van der Waals surface area contributed by atoms with Gasteiger partial charge in [-0.05, 0) is 50.8 Å². The minimum absolute atomic E-state index is 0.0434. The first-order chi connectivity index (χ1) is 13.2. The van der Waals surface area contributed by atoms with Gasteiger partial charge in [0.15, 0.2) is 5.78 Å². The van der Waals surface area contributed by atoms with Crippen LogP contribution in [-0.2, 0) is 20.8 Å². The Balaban J connectivity index is 2.27. The van der Waals surface area contributed by atoms with Crippen molar-refractivity contribution in [3.05, 3.63) is 29.8 Å². The molecule has 2 amide bonds. The quantitative estimate of drug-likeness (QED) is 0.700. The molecule has 1 fully saturated rings. The number of methoxy groups -OCH3 is 1. The van der Waals surface area contributed by atoms with Crippen LogP contribution in [0.15, 0.2) is 24.3 Å². The summed E-state index contributed by atoms with van der Waals surface area (Å²) in [6, 6.07) is 5.88. The van der Waals surface area contributed by atoms with Crippen LogP contribution in [0, 0.1) is 0 Å². The predicted molar refractivity (Wildman–Crippen MR) is 107 cm³/mol. The molecular weight excluding hydrogens is 358 g/mol. The number of ketones is 1. The van der Waals surface area contributed by atoms with E-state index in [1.165, 1.54) is 6.92 Å². The number of nitrogens with two attached hydrogens (primary N) is 1. The number of carbonyl (C=O) groups is 3. The molecule has 1 heterocycles. The maximum Gasteiger partial charge on any atom is 0.246 e. The smallest absolute Gasteiger partial charge is 0.246 e. The van der Waals surface area contributed by atoms with E-state index in [4.69, 9.17) is 10.5 Å². The lowest BCUT2D eigenvalue weighted by Gasteiger charge is -2.36. The number of ether oxygens (including phenoxy) is 1. The summed E-state index contributed by atoms with van der Waals surface area (Å²) < 4.78 is 5.17. The molecule has 7 heteroatoms. The summed E-state index contributed by atoms with van der Waals surface area (Å²) in [6.45, 7) is 5.63. The number of Topliss-reactive ketones (excluding diaryl/α,β-unsaturated/α-hetero) is 1. The van der Waals surface area contributed by atoms with Gasteiger partial charge in [-0.1, -0.05) is 19.1 Å². The lowest BCUT2D eigenvalue weighted by molar-refractivity contribution is -0.145. The van der Waals surface area contributed by atoms with E-state index >= 15 is 0 Å². The minimum atomic E-state index is -0.827. The third-order valence-corrected chi connectivity index (χ3v) is 5.66. The van der Waals surface area contributed by atoms with Gasteiger partial charge in [0, 0.05) is 13.0 Å². The van der Waals surface area contributed by atoms with Crippen LogP contribution in [-0.4, -0.2) is 53.8 Å². The molecule has 28 heavy (non-hydrogen) atoms. The Morgan fingerprint density at radius 1 is 1.29 bits per heavy atom. The summed E-state index contributed by atoms with van der Waals surface area (Å²) in [7, 11) is 1.59. The standard InChI is InChI=1S/C21H31N3O4/c1-5-17(22)19(26)23-18(13-15-7-9-16(28-4)10-8-15)20(27)24-12-6-11-21(24,3)14(2)25/h7-10,17-18H,5-6,11-13,22H2,1-4H3,(H,23,26)/t17-,18-,21-/m0/s1. The van der Waals surface area contributed by atoms with Crippen LogP contribution < -0.4 is 15.8 Å². The molecule has 0 aromatic heterocycles. The van der Waals surface area contributed by atoms with Crippen LogP contribution >= 0.6 is 0 Å². The van der Waals surface area contributed by atoms with Gasteiger partial charge in [0.05, 0.1) is 18.7 Å². The number of hydrogen-bond donors (Lipinski definition) is 2. The molecule has 1 aliphatic rings. The highest BCUT2D eigenvalue weighted by Crippen LogP contribution is 2.31. The number of carbonyl (C=O) groups excluding carboxylic acids is 3. The van der Waals surface area contributed by atoms with Crippen molar-refractivity contribution in [1.82, 2.24) is 10.2 Å². The van der Waals surface area contributed by atoms with Crippen LogP contribution in [0.2, 0.25) is 0 Å². The Hall–Kier alpha value is -2.41. The summed E-state index contributed by atoms with van der Waals surface area (Å²) in [5.74, 6) is 0.0613. The highest BCUT2D eigenvalue weighted by atomic mass is 16.5. The van der Waals surface area contributed by atoms with E-state index in [1.54, 1.807) is 18.9 Å². The Morgan fingerprint density at radius 2 is 1.93 bits per heavy atom. The number of benzene rings is 1. The van der Waals surface area contributed by atoms with Gasteiger partial charge in [0.25, 0.3) is 0 Å². The Morgan fingerprint density at radius 3 is 2.46 bits per heavy atom. The van der Waals surface area contributed by atoms with Crippen molar-refractivity contribution in [3.63, 3.8) is 0 Å². The van der Waals surface area contributed by atoms with Crippen molar-refractivity contribution in [2.75, 3.05) is 13.7 Å². The molecule has 0 unspecified atom stereocenters. The summed E-state index contributed by atoms with van der Waals surface area (Å²) in [5, 5.41) is 2.80. The number of hydrogen-bond acceptors (Lipinski definition) is 5. The highest BCUT2D eigenvalue weighted by molar-refractivity contribution is 5.95. The first kappa shape index (κ1) is 21.9. The minimum Gasteiger partial charge on any atom is -0.497 e. The van der Waals surface area contributed by atoms with Crippen molar-refractivity contribution < 1.29 is 19.1 Å². The molecule has 1 aromatic carbocycles. The second-order valence-electron chi connectivity index (χ2n) is 7.55. The molecule has 0 radical (unpaired) electrons. The lowest BCUT2D eigenvalue weighted by Crippen LogP contribution is -2.58. The van der Waals surface area contributed by atoms with Gasteiger partial charge in [-0.2, -0.15) is 0 Å². The first-order valence-corrected chi connectivity index (χ1v) is 9.74. The van der Waals surface area contributed by atoms with E-state index in [9.17, 15) is 14.4 Å². The molecule has 2 rings (SSSR count). The number of nitrogens with zero attached hydrogens (tertiary/aromatic N) is 1.